The van der Waals surface area contributed by atoms with Crippen molar-refractivity contribution in [1.29, 1.82) is 0 Å². The van der Waals surface area contributed by atoms with Gasteiger partial charge in [0.05, 0.1) is 6.26 Å². The highest BCUT2D eigenvalue weighted by molar-refractivity contribution is 5.81. The van der Waals surface area contributed by atoms with Crippen molar-refractivity contribution in [3.8, 4) is 0 Å². The molecule has 0 aliphatic rings. The smallest absolute Gasteiger partial charge is 0.134 e. The number of nitrogens with one attached hydrogen (secondary N) is 1. The maximum absolute atomic E-state index is 5.73. The summed E-state index contributed by atoms with van der Waals surface area (Å²) < 4.78 is 5.62. The number of nitrogens with zero attached hydrogens (tertiary/aromatic N) is 1. The van der Waals surface area contributed by atoms with Crippen LogP contribution in [-0.2, 0) is 6.42 Å². The second-order valence-corrected chi connectivity index (χ2v) is 4.82. The van der Waals surface area contributed by atoms with E-state index >= 15 is 0 Å². The minimum Gasteiger partial charge on any atom is -0.464 e. The van der Waals surface area contributed by atoms with E-state index in [2.05, 4.69) is 16.4 Å². The van der Waals surface area contributed by atoms with E-state index in [4.69, 9.17) is 10.2 Å². The van der Waals surface area contributed by atoms with Gasteiger partial charge in [-0.3, -0.25) is 0 Å². The highest BCUT2D eigenvalue weighted by atomic mass is 16.3. The maximum Gasteiger partial charge on any atom is 0.134 e. The van der Waals surface area contributed by atoms with Crippen molar-refractivity contribution < 1.29 is 4.42 Å². The molecular weight excluding hydrogens is 250 g/mol. The number of fused-ring (bicyclic) bond motifs is 1. The molecule has 0 fully saturated rings. The first kappa shape index (κ1) is 12.7. The lowest BCUT2D eigenvalue weighted by Gasteiger charge is -2.15. The van der Waals surface area contributed by atoms with Crippen LogP contribution in [-0.4, -0.2) is 12.0 Å². The number of pyridine rings is 1. The van der Waals surface area contributed by atoms with Crippen LogP contribution in [0.15, 0.2) is 53.3 Å². The first-order valence-electron chi connectivity index (χ1n) is 6.61. The van der Waals surface area contributed by atoms with E-state index in [1.807, 2.05) is 43.6 Å². The monoisotopic (exact) mass is 267 g/mol. The number of hydrogen-bond acceptors (Lipinski definition) is 4. The van der Waals surface area contributed by atoms with Gasteiger partial charge in [-0.15, -0.1) is 0 Å². The molecule has 3 rings (SSSR count). The van der Waals surface area contributed by atoms with Gasteiger partial charge in [0, 0.05) is 23.2 Å². The molecule has 3 aromatic rings. The van der Waals surface area contributed by atoms with Crippen molar-refractivity contribution >= 4 is 16.8 Å². The number of anilines is 1. The van der Waals surface area contributed by atoms with Gasteiger partial charge in [-0.2, -0.15) is 0 Å². The van der Waals surface area contributed by atoms with Gasteiger partial charge in [0.15, 0.2) is 0 Å². The van der Waals surface area contributed by atoms with Crippen molar-refractivity contribution in [3.63, 3.8) is 0 Å². The zero-order valence-corrected chi connectivity index (χ0v) is 11.3. The molecule has 1 atom stereocenters. The summed E-state index contributed by atoms with van der Waals surface area (Å²) in [6, 6.07) is 12.2. The highest BCUT2D eigenvalue weighted by Crippen LogP contribution is 2.28. The number of nitrogen functional groups attached to an aromatic ring is 1. The minimum atomic E-state index is 0.181. The van der Waals surface area contributed by atoms with E-state index in [0.717, 1.165) is 23.0 Å². The summed E-state index contributed by atoms with van der Waals surface area (Å²) in [6.45, 7) is 0. The second-order valence-electron chi connectivity index (χ2n) is 4.82. The number of likely N-dealkylation sites (N-methyl/N-ethyl adjacent to an activating group) is 1. The predicted octanol–water partition coefficient (Wildman–Crippen LogP) is 2.91. The minimum absolute atomic E-state index is 0.181. The normalized spacial score (nSPS) is 12.7. The van der Waals surface area contributed by atoms with Gasteiger partial charge in [0.2, 0.25) is 0 Å². The summed E-state index contributed by atoms with van der Waals surface area (Å²) in [5, 5.41) is 4.49. The Hall–Kier alpha value is -2.33. The zero-order valence-electron chi connectivity index (χ0n) is 11.3. The van der Waals surface area contributed by atoms with Gasteiger partial charge < -0.3 is 15.5 Å². The number of hydrogen-bond donors (Lipinski definition) is 2. The van der Waals surface area contributed by atoms with Crippen LogP contribution in [0, 0.1) is 0 Å². The lowest BCUT2D eigenvalue weighted by molar-refractivity contribution is 0.563. The summed E-state index contributed by atoms with van der Waals surface area (Å²) in [5.74, 6) is 0.550. The van der Waals surface area contributed by atoms with Gasteiger partial charge in [0.1, 0.15) is 11.4 Å². The van der Waals surface area contributed by atoms with Gasteiger partial charge >= 0.3 is 0 Å². The van der Waals surface area contributed by atoms with Crippen molar-refractivity contribution in [1.82, 2.24) is 10.3 Å². The molecule has 3 N–H and O–H groups in total. The average molecular weight is 267 g/mol. The SMILES string of the molecule is CNC(Cc1ccnc(N)c1)c1coc2ccccc12. The van der Waals surface area contributed by atoms with E-state index in [1.54, 1.807) is 6.20 Å². The van der Waals surface area contributed by atoms with Gasteiger partial charge in [0.25, 0.3) is 0 Å². The average Bonchev–Trinajstić information content (AvgIpc) is 2.89. The highest BCUT2D eigenvalue weighted by Gasteiger charge is 2.16. The largest absolute Gasteiger partial charge is 0.464 e. The molecule has 0 spiro atoms. The molecule has 0 radical (unpaired) electrons. The molecular formula is C16H17N3O. The van der Waals surface area contributed by atoms with Crippen molar-refractivity contribution in [2.45, 2.75) is 12.5 Å². The molecule has 0 aliphatic carbocycles. The van der Waals surface area contributed by atoms with Gasteiger partial charge in [-0.1, -0.05) is 18.2 Å². The van der Waals surface area contributed by atoms with E-state index in [1.165, 1.54) is 5.56 Å². The molecule has 0 aliphatic heterocycles. The maximum atomic E-state index is 5.73. The van der Waals surface area contributed by atoms with Crippen LogP contribution in [0.1, 0.15) is 17.2 Å². The summed E-state index contributed by atoms with van der Waals surface area (Å²) in [4.78, 5) is 4.02. The molecule has 2 aromatic heterocycles. The summed E-state index contributed by atoms with van der Waals surface area (Å²) >= 11 is 0. The van der Waals surface area contributed by atoms with Gasteiger partial charge in [-0.25, -0.2) is 4.98 Å². The number of rotatable bonds is 4. The Balaban J connectivity index is 1.93. The molecule has 1 aromatic carbocycles. The molecule has 0 saturated heterocycles. The number of para-hydroxylation sites is 1. The Morgan fingerprint density at radius 2 is 2.15 bits per heavy atom. The second kappa shape index (κ2) is 5.35. The molecule has 0 amide bonds. The molecule has 20 heavy (non-hydrogen) atoms. The lowest BCUT2D eigenvalue weighted by atomic mass is 9.99. The summed E-state index contributed by atoms with van der Waals surface area (Å²) in [6.07, 6.45) is 4.41. The third-order valence-electron chi connectivity index (χ3n) is 3.52. The Bertz CT molecular complexity index is 720. The summed E-state index contributed by atoms with van der Waals surface area (Å²) in [7, 11) is 1.96. The summed E-state index contributed by atoms with van der Waals surface area (Å²) in [5.41, 5.74) is 8.97. The van der Waals surface area contributed by atoms with Crippen LogP contribution in [0.2, 0.25) is 0 Å². The predicted molar refractivity (Wildman–Crippen MR) is 80.4 cm³/mol. The van der Waals surface area contributed by atoms with Crippen molar-refractivity contribution in [2.75, 3.05) is 12.8 Å². The molecule has 1 unspecified atom stereocenters. The lowest BCUT2D eigenvalue weighted by Crippen LogP contribution is -2.18. The molecule has 2 heterocycles. The molecule has 102 valence electrons. The Kier molecular flexibility index (Phi) is 3.39. The van der Waals surface area contributed by atoms with Crippen molar-refractivity contribution in [3.05, 3.63) is 60.0 Å². The van der Waals surface area contributed by atoms with Crippen LogP contribution in [0.5, 0.6) is 0 Å². The Morgan fingerprint density at radius 1 is 1.30 bits per heavy atom. The number of benzene rings is 1. The van der Waals surface area contributed by atoms with E-state index in [0.29, 0.717) is 5.82 Å². The van der Waals surface area contributed by atoms with Crippen LogP contribution < -0.4 is 11.1 Å². The third-order valence-corrected chi connectivity index (χ3v) is 3.52. The van der Waals surface area contributed by atoms with Crippen LogP contribution in [0.4, 0.5) is 5.82 Å². The Morgan fingerprint density at radius 3 is 2.95 bits per heavy atom. The zero-order chi connectivity index (χ0) is 13.9. The van der Waals surface area contributed by atoms with Crippen molar-refractivity contribution in [2.24, 2.45) is 0 Å². The molecule has 4 nitrogen and oxygen atoms in total. The first-order chi connectivity index (χ1) is 9.78. The number of nitrogens with two attached hydrogens (primary N) is 1. The number of aromatic nitrogens is 1. The Labute approximate surface area is 117 Å². The first-order valence-corrected chi connectivity index (χ1v) is 6.61. The van der Waals surface area contributed by atoms with E-state index in [-0.39, 0.29) is 6.04 Å². The fourth-order valence-corrected chi connectivity index (χ4v) is 2.49. The van der Waals surface area contributed by atoms with Crippen LogP contribution in [0.25, 0.3) is 11.0 Å². The van der Waals surface area contributed by atoms with Gasteiger partial charge in [-0.05, 0) is 37.2 Å². The number of furan rings is 1. The molecule has 0 saturated carbocycles. The molecule has 4 heteroatoms. The van der Waals surface area contributed by atoms with E-state index < -0.39 is 0 Å². The van der Waals surface area contributed by atoms with Crippen LogP contribution in [0.3, 0.4) is 0 Å². The van der Waals surface area contributed by atoms with E-state index in [9.17, 15) is 0 Å². The topological polar surface area (TPSA) is 64.1 Å². The quantitative estimate of drug-likeness (QED) is 0.763. The molecule has 0 bridgehead atoms. The third kappa shape index (κ3) is 2.38. The fourth-order valence-electron chi connectivity index (χ4n) is 2.49. The fraction of sp³-hybridized carbons (Fsp3) is 0.188. The standard InChI is InChI=1S/C16H17N3O/c1-18-14(8-11-6-7-19-16(17)9-11)13-10-20-15-5-3-2-4-12(13)15/h2-7,9-10,14,18H,8H2,1H3,(H2,17,19). The van der Waals surface area contributed by atoms with Crippen LogP contribution >= 0.6 is 0 Å².